The molecule has 3 nitrogen and oxygen atoms in total. The van der Waals surface area contributed by atoms with E-state index in [4.69, 9.17) is 0 Å². The minimum atomic E-state index is -0.0984. The van der Waals surface area contributed by atoms with Gasteiger partial charge < -0.3 is 15.5 Å². The van der Waals surface area contributed by atoms with Crippen LogP contribution in [0.4, 0.5) is 0 Å². The summed E-state index contributed by atoms with van der Waals surface area (Å²) in [6.07, 6.45) is 4.16. The number of rotatable bonds is 4. The third-order valence-electron chi connectivity index (χ3n) is 4.07. The van der Waals surface area contributed by atoms with Gasteiger partial charge in [0.1, 0.15) is 5.75 Å². The van der Waals surface area contributed by atoms with E-state index in [1.165, 1.54) is 12.0 Å². The van der Waals surface area contributed by atoms with E-state index in [9.17, 15) is 10.2 Å². The molecule has 2 unspecified atom stereocenters. The molecule has 1 aromatic carbocycles. The molecule has 0 bridgehead atoms. The maximum atomic E-state index is 9.74. The lowest BCUT2D eigenvalue weighted by Gasteiger charge is -2.26. The van der Waals surface area contributed by atoms with Gasteiger partial charge in [-0.1, -0.05) is 18.6 Å². The summed E-state index contributed by atoms with van der Waals surface area (Å²) in [6, 6.07) is 4.07. The van der Waals surface area contributed by atoms with Crippen molar-refractivity contribution in [2.24, 2.45) is 5.92 Å². The second-order valence-corrected chi connectivity index (χ2v) is 5.90. The van der Waals surface area contributed by atoms with Crippen LogP contribution in [0.25, 0.3) is 0 Å². The second kappa shape index (κ2) is 6.40. The van der Waals surface area contributed by atoms with Crippen molar-refractivity contribution in [2.45, 2.75) is 52.2 Å². The Bertz CT molecular complexity index is 408. The first-order valence-electron chi connectivity index (χ1n) is 7.24. The van der Waals surface area contributed by atoms with Crippen molar-refractivity contribution in [1.82, 2.24) is 5.32 Å². The monoisotopic (exact) mass is 263 g/mol. The Morgan fingerprint density at radius 3 is 2.53 bits per heavy atom. The van der Waals surface area contributed by atoms with Crippen LogP contribution in [0, 0.1) is 19.8 Å². The molecule has 1 saturated carbocycles. The van der Waals surface area contributed by atoms with Crippen molar-refractivity contribution < 1.29 is 10.2 Å². The summed E-state index contributed by atoms with van der Waals surface area (Å²) in [6.45, 7) is 5.66. The van der Waals surface area contributed by atoms with Crippen molar-refractivity contribution in [3.05, 3.63) is 28.8 Å². The minimum Gasteiger partial charge on any atom is -0.507 e. The van der Waals surface area contributed by atoms with Crippen LogP contribution in [-0.4, -0.2) is 22.9 Å². The van der Waals surface area contributed by atoms with E-state index >= 15 is 0 Å². The van der Waals surface area contributed by atoms with E-state index in [2.05, 4.69) is 5.32 Å². The zero-order valence-corrected chi connectivity index (χ0v) is 11.9. The highest BCUT2D eigenvalue weighted by Crippen LogP contribution is 2.24. The van der Waals surface area contributed by atoms with Crippen LogP contribution < -0.4 is 5.32 Å². The molecule has 0 amide bonds. The van der Waals surface area contributed by atoms with Crippen molar-refractivity contribution in [1.29, 1.82) is 0 Å². The Kier molecular flexibility index (Phi) is 4.83. The standard InChI is InChI=1S/C16H25NO2/c1-11-6-14(7-12(2)16(11)19)10-17-9-13-4-3-5-15(18)8-13/h6-7,13,15,17-19H,3-5,8-10H2,1-2H3. The fourth-order valence-electron chi connectivity index (χ4n) is 3.02. The second-order valence-electron chi connectivity index (χ2n) is 5.90. The van der Waals surface area contributed by atoms with Gasteiger partial charge in [-0.2, -0.15) is 0 Å². The Balaban J connectivity index is 1.82. The first kappa shape index (κ1) is 14.4. The Hall–Kier alpha value is -1.06. The van der Waals surface area contributed by atoms with Gasteiger partial charge in [0.15, 0.2) is 0 Å². The van der Waals surface area contributed by atoms with E-state index in [0.717, 1.165) is 43.5 Å². The molecule has 2 rings (SSSR count). The molecule has 0 heterocycles. The molecule has 0 saturated heterocycles. The number of aromatic hydroxyl groups is 1. The van der Waals surface area contributed by atoms with E-state index in [0.29, 0.717) is 11.7 Å². The lowest BCUT2D eigenvalue weighted by Crippen LogP contribution is -2.28. The van der Waals surface area contributed by atoms with Gasteiger partial charge in [-0.25, -0.2) is 0 Å². The number of hydrogen-bond donors (Lipinski definition) is 3. The number of aliphatic hydroxyl groups is 1. The predicted molar refractivity (Wildman–Crippen MR) is 77.3 cm³/mol. The molecule has 0 spiro atoms. The predicted octanol–water partition coefficient (Wildman–Crippen LogP) is 2.65. The molecule has 1 aliphatic carbocycles. The normalized spacial score (nSPS) is 23.5. The highest BCUT2D eigenvalue weighted by molar-refractivity contribution is 5.42. The summed E-state index contributed by atoms with van der Waals surface area (Å²) >= 11 is 0. The number of nitrogens with one attached hydrogen (secondary N) is 1. The molecule has 3 heteroatoms. The van der Waals surface area contributed by atoms with Gasteiger partial charge in [0.25, 0.3) is 0 Å². The molecular formula is C16H25NO2. The number of phenolic OH excluding ortho intramolecular Hbond substituents is 1. The number of aliphatic hydroxyl groups excluding tert-OH is 1. The van der Waals surface area contributed by atoms with Gasteiger partial charge in [0.2, 0.25) is 0 Å². The van der Waals surface area contributed by atoms with E-state index in [1.54, 1.807) is 0 Å². The van der Waals surface area contributed by atoms with Crippen LogP contribution in [0.5, 0.6) is 5.75 Å². The molecule has 0 aliphatic heterocycles. The van der Waals surface area contributed by atoms with Crippen LogP contribution >= 0.6 is 0 Å². The van der Waals surface area contributed by atoms with Gasteiger partial charge in [-0.05, 0) is 62.3 Å². The average Bonchev–Trinajstić information content (AvgIpc) is 2.36. The van der Waals surface area contributed by atoms with E-state index in [-0.39, 0.29) is 6.10 Å². The first-order valence-corrected chi connectivity index (χ1v) is 7.24. The molecule has 19 heavy (non-hydrogen) atoms. The quantitative estimate of drug-likeness (QED) is 0.783. The highest BCUT2D eigenvalue weighted by atomic mass is 16.3. The molecule has 2 atom stereocenters. The molecule has 3 N–H and O–H groups in total. The zero-order valence-electron chi connectivity index (χ0n) is 11.9. The Labute approximate surface area is 115 Å². The largest absolute Gasteiger partial charge is 0.507 e. The van der Waals surface area contributed by atoms with Crippen LogP contribution in [0.3, 0.4) is 0 Å². The SMILES string of the molecule is Cc1cc(CNCC2CCCC(O)C2)cc(C)c1O. The van der Waals surface area contributed by atoms with Gasteiger partial charge in [-0.3, -0.25) is 0 Å². The van der Waals surface area contributed by atoms with Gasteiger partial charge in [-0.15, -0.1) is 0 Å². The van der Waals surface area contributed by atoms with Gasteiger partial charge in [0, 0.05) is 6.54 Å². The van der Waals surface area contributed by atoms with Crippen LogP contribution in [0.2, 0.25) is 0 Å². The summed E-state index contributed by atoms with van der Waals surface area (Å²) in [5.74, 6) is 1.00. The van der Waals surface area contributed by atoms with Crippen LogP contribution in [0.1, 0.15) is 42.4 Å². The molecule has 1 aromatic rings. The summed E-state index contributed by atoms with van der Waals surface area (Å²) in [5.41, 5.74) is 3.08. The van der Waals surface area contributed by atoms with Crippen molar-refractivity contribution in [3.63, 3.8) is 0 Å². The smallest absolute Gasteiger partial charge is 0.121 e. The summed E-state index contributed by atoms with van der Waals surface area (Å²) in [7, 11) is 0. The lowest BCUT2D eigenvalue weighted by atomic mass is 9.87. The van der Waals surface area contributed by atoms with Crippen molar-refractivity contribution >= 4 is 0 Å². The zero-order chi connectivity index (χ0) is 13.8. The van der Waals surface area contributed by atoms with Crippen molar-refractivity contribution in [2.75, 3.05) is 6.54 Å². The minimum absolute atomic E-state index is 0.0984. The molecule has 106 valence electrons. The van der Waals surface area contributed by atoms with Gasteiger partial charge in [0.05, 0.1) is 6.10 Å². The molecule has 1 fully saturated rings. The fraction of sp³-hybridized carbons (Fsp3) is 0.625. The molecule has 0 aromatic heterocycles. The maximum absolute atomic E-state index is 9.74. The Morgan fingerprint density at radius 1 is 1.21 bits per heavy atom. The summed E-state index contributed by atoms with van der Waals surface area (Å²) in [5, 5.41) is 22.9. The van der Waals surface area contributed by atoms with E-state index < -0.39 is 0 Å². The first-order chi connectivity index (χ1) is 9.06. The van der Waals surface area contributed by atoms with Crippen molar-refractivity contribution in [3.8, 4) is 5.75 Å². The number of phenols is 1. The lowest BCUT2D eigenvalue weighted by molar-refractivity contribution is 0.101. The summed E-state index contributed by atoms with van der Waals surface area (Å²) in [4.78, 5) is 0. The van der Waals surface area contributed by atoms with Crippen LogP contribution in [-0.2, 0) is 6.54 Å². The summed E-state index contributed by atoms with van der Waals surface area (Å²) < 4.78 is 0. The molecule has 0 radical (unpaired) electrons. The Morgan fingerprint density at radius 2 is 1.89 bits per heavy atom. The van der Waals surface area contributed by atoms with E-state index in [1.807, 2.05) is 26.0 Å². The third kappa shape index (κ3) is 3.95. The van der Waals surface area contributed by atoms with Gasteiger partial charge >= 0.3 is 0 Å². The topological polar surface area (TPSA) is 52.5 Å². The third-order valence-corrected chi connectivity index (χ3v) is 4.07. The number of hydrogen-bond acceptors (Lipinski definition) is 3. The van der Waals surface area contributed by atoms with Crippen LogP contribution in [0.15, 0.2) is 12.1 Å². The molecule has 1 aliphatic rings. The highest BCUT2D eigenvalue weighted by Gasteiger charge is 2.19. The number of aryl methyl sites for hydroxylation is 2. The average molecular weight is 263 g/mol. The number of benzene rings is 1. The fourth-order valence-corrected chi connectivity index (χ4v) is 3.02. The maximum Gasteiger partial charge on any atom is 0.121 e. The molecular weight excluding hydrogens is 238 g/mol.